The number of alkyl halides is 3. The lowest BCUT2D eigenvalue weighted by molar-refractivity contribution is -0.137. The van der Waals surface area contributed by atoms with Gasteiger partial charge >= 0.3 is 12.2 Å². The van der Waals surface area contributed by atoms with E-state index in [1.54, 1.807) is 36.4 Å². The highest BCUT2D eigenvalue weighted by Gasteiger charge is 2.31. The van der Waals surface area contributed by atoms with E-state index >= 15 is 0 Å². The van der Waals surface area contributed by atoms with E-state index in [2.05, 4.69) is 20.3 Å². The second-order valence-corrected chi connectivity index (χ2v) is 8.25. The molecule has 0 atom stereocenters. The summed E-state index contributed by atoms with van der Waals surface area (Å²) >= 11 is 0. The Morgan fingerprint density at radius 2 is 1.86 bits per heavy atom. The van der Waals surface area contributed by atoms with Crippen LogP contribution >= 0.6 is 0 Å². The average Bonchev–Trinajstić information content (AvgIpc) is 3.35. The highest BCUT2D eigenvalue weighted by atomic mass is 19.4. The van der Waals surface area contributed by atoms with Crippen molar-refractivity contribution < 1.29 is 22.4 Å². The van der Waals surface area contributed by atoms with E-state index in [4.69, 9.17) is 4.42 Å². The zero-order valence-corrected chi connectivity index (χ0v) is 19.2. The van der Waals surface area contributed by atoms with Gasteiger partial charge in [-0.3, -0.25) is 10.2 Å². The molecule has 11 heteroatoms. The smallest absolute Gasteiger partial charge is 0.416 e. The zero-order chi connectivity index (χ0) is 25.3. The van der Waals surface area contributed by atoms with Gasteiger partial charge in [-0.15, -0.1) is 0 Å². The molecule has 1 aliphatic heterocycles. The van der Waals surface area contributed by atoms with Crippen molar-refractivity contribution in [3.05, 3.63) is 72.8 Å². The van der Waals surface area contributed by atoms with Crippen LogP contribution in [0.1, 0.15) is 12.0 Å². The predicted octanol–water partition coefficient (Wildman–Crippen LogP) is 5.70. The van der Waals surface area contributed by atoms with Crippen LogP contribution in [0.3, 0.4) is 0 Å². The molecule has 3 aromatic heterocycles. The minimum absolute atomic E-state index is 0.307. The number of pyridine rings is 2. The maximum atomic E-state index is 13.4. The number of rotatable bonds is 3. The Bertz CT molecular complexity index is 1390. The van der Waals surface area contributed by atoms with Crippen LogP contribution in [0.5, 0.6) is 0 Å². The van der Waals surface area contributed by atoms with Crippen molar-refractivity contribution in [2.24, 2.45) is 0 Å². The van der Waals surface area contributed by atoms with Crippen LogP contribution in [0, 0.1) is 0 Å². The Labute approximate surface area is 204 Å². The Morgan fingerprint density at radius 3 is 2.64 bits per heavy atom. The van der Waals surface area contributed by atoms with Gasteiger partial charge in [0.2, 0.25) is 0 Å². The standard InChI is InChI=1S/C25H21F3N6O2/c1-33-11-4-12-34(24(35)32-22-8-3-7-19(30-22)21-14-29-15-36-21)23-20(33)10-9-18(31-23)16-5-2-6-17(13-16)25(26,27)28/h2-3,5-10,13-15H,4,11-12H2,1H3,(H,30,32,35). The molecule has 0 aliphatic carbocycles. The molecule has 1 aliphatic rings. The van der Waals surface area contributed by atoms with E-state index in [0.29, 0.717) is 59.5 Å². The lowest BCUT2D eigenvalue weighted by Crippen LogP contribution is -2.36. The molecule has 184 valence electrons. The fourth-order valence-corrected chi connectivity index (χ4v) is 4.00. The molecular weight excluding hydrogens is 473 g/mol. The molecular formula is C25H21F3N6O2. The fourth-order valence-electron chi connectivity index (χ4n) is 4.00. The van der Waals surface area contributed by atoms with Crippen LogP contribution < -0.4 is 15.1 Å². The summed E-state index contributed by atoms with van der Waals surface area (Å²) in [6, 6.07) is 13.1. The Hall–Kier alpha value is -4.41. The molecule has 0 fully saturated rings. The van der Waals surface area contributed by atoms with E-state index in [1.807, 2.05) is 11.9 Å². The van der Waals surface area contributed by atoms with Crippen molar-refractivity contribution in [2.45, 2.75) is 12.6 Å². The first-order chi connectivity index (χ1) is 17.3. The van der Waals surface area contributed by atoms with Crippen LogP contribution in [0.25, 0.3) is 22.7 Å². The Kier molecular flexibility index (Phi) is 6.05. The van der Waals surface area contributed by atoms with E-state index in [0.717, 1.165) is 12.1 Å². The number of benzene rings is 1. The summed E-state index contributed by atoms with van der Waals surface area (Å²) < 4.78 is 45.0. The molecule has 5 rings (SSSR count). The molecule has 0 spiro atoms. The fraction of sp³-hybridized carbons (Fsp3) is 0.200. The van der Waals surface area contributed by atoms with Crippen molar-refractivity contribution in [1.82, 2.24) is 15.0 Å². The van der Waals surface area contributed by atoms with Crippen LogP contribution in [0.15, 0.2) is 71.6 Å². The number of hydrogen-bond donors (Lipinski definition) is 1. The van der Waals surface area contributed by atoms with Crippen molar-refractivity contribution in [3.63, 3.8) is 0 Å². The largest absolute Gasteiger partial charge is 0.442 e. The van der Waals surface area contributed by atoms with Gasteiger partial charge in [0.15, 0.2) is 18.0 Å². The van der Waals surface area contributed by atoms with Gasteiger partial charge in [-0.05, 0) is 42.8 Å². The normalized spacial score (nSPS) is 13.8. The topological polar surface area (TPSA) is 87.4 Å². The van der Waals surface area contributed by atoms with E-state index in [-0.39, 0.29) is 0 Å². The SMILES string of the molecule is CN1CCCN(C(=O)Nc2cccc(-c3cnco3)n2)c2nc(-c3cccc(C(F)(F)F)c3)ccc21. The second kappa shape index (κ2) is 9.33. The summed E-state index contributed by atoms with van der Waals surface area (Å²) in [6.45, 7) is 1.05. The summed E-state index contributed by atoms with van der Waals surface area (Å²) in [6.07, 6.45) is -0.986. The number of halogens is 3. The molecule has 36 heavy (non-hydrogen) atoms. The average molecular weight is 494 g/mol. The maximum absolute atomic E-state index is 13.4. The third-order valence-electron chi connectivity index (χ3n) is 5.80. The number of hydrogen-bond acceptors (Lipinski definition) is 6. The quantitative estimate of drug-likeness (QED) is 0.393. The summed E-state index contributed by atoms with van der Waals surface area (Å²) in [5.74, 6) is 1.12. The summed E-state index contributed by atoms with van der Waals surface area (Å²) in [7, 11) is 1.88. The minimum Gasteiger partial charge on any atom is -0.442 e. The zero-order valence-electron chi connectivity index (χ0n) is 19.2. The van der Waals surface area contributed by atoms with Crippen molar-refractivity contribution in [1.29, 1.82) is 0 Å². The molecule has 0 bridgehead atoms. The van der Waals surface area contributed by atoms with Crippen LogP contribution in [0.4, 0.5) is 35.3 Å². The number of aromatic nitrogens is 3. The Balaban J connectivity index is 1.48. The van der Waals surface area contributed by atoms with Gasteiger partial charge in [0.1, 0.15) is 11.5 Å². The summed E-state index contributed by atoms with van der Waals surface area (Å²) in [5, 5.41) is 2.79. The van der Waals surface area contributed by atoms with Crippen LogP contribution in [-0.2, 0) is 6.18 Å². The van der Waals surface area contributed by atoms with Crippen molar-refractivity contribution in [3.8, 4) is 22.7 Å². The third-order valence-corrected chi connectivity index (χ3v) is 5.80. The third kappa shape index (κ3) is 4.72. The molecule has 1 aromatic carbocycles. The van der Waals surface area contributed by atoms with Crippen LogP contribution in [-0.4, -0.2) is 41.1 Å². The summed E-state index contributed by atoms with van der Waals surface area (Å²) in [5.41, 5.74) is 1.08. The molecule has 0 saturated carbocycles. The highest BCUT2D eigenvalue weighted by Crippen LogP contribution is 2.35. The molecule has 4 aromatic rings. The van der Waals surface area contributed by atoms with Gasteiger partial charge in [-0.2, -0.15) is 13.2 Å². The number of carbonyl (C=O) groups excluding carboxylic acids is 1. The van der Waals surface area contributed by atoms with Gasteiger partial charge in [0, 0.05) is 25.7 Å². The number of carbonyl (C=O) groups is 1. The number of anilines is 3. The number of oxazole rings is 1. The van der Waals surface area contributed by atoms with Gasteiger partial charge in [-0.25, -0.2) is 19.7 Å². The van der Waals surface area contributed by atoms with Gasteiger partial charge in [0.25, 0.3) is 0 Å². The lowest BCUT2D eigenvalue weighted by Gasteiger charge is -2.24. The maximum Gasteiger partial charge on any atom is 0.416 e. The number of nitrogens with one attached hydrogen (secondary N) is 1. The highest BCUT2D eigenvalue weighted by molar-refractivity contribution is 6.03. The molecule has 2 amide bonds. The number of urea groups is 1. The first kappa shape index (κ1) is 23.3. The second-order valence-electron chi connectivity index (χ2n) is 8.25. The predicted molar refractivity (Wildman–Crippen MR) is 129 cm³/mol. The monoisotopic (exact) mass is 494 g/mol. The van der Waals surface area contributed by atoms with E-state index < -0.39 is 17.8 Å². The Morgan fingerprint density at radius 1 is 1.03 bits per heavy atom. The molecule has 4 heterocycles. The molecule has 0 unspecified atom stereocenters. The van der Waals surface area contributed by atoms with Gasteiger partial charge < -0.3 is 9.32 Å². The molecule has 8 nitrogen and oxygen atoms in total. The molecule has 1 N–H and O–H groups in total. The minimum atomic E-state index is -4.47. The lowest BCUT2D eigenvalue weighted by atomic mass is 10.1. The number of amides is 2. The van der Waals surface area contributed by atoms with Crippen LogP contribution in [0.2, 0.25) is 0 Å². The first-order valence-electron chi connectivity index (χ1n) is 11.1. The summed E-state index contributed by atoms with van der Waals surface area (Å²) in [4.78, 5) is 29.7. The number of nitrogens with zero attached hydrogens (tertiary/aromatic N) is 5. The number of fused-ring (bicyclic) bond motifs is 1. The van der Waals surface area contributed by atoms with Gasteiger partial charge in [0.05, 0.1) is 23.1 Å². The first-order valence-corrected chi connectivity index (χ1v) is 11.1. The molecule has 0 radical (unpaired) electrons. The van der Waals surface area contributed by atoms with E-state index in [9.17, 15) is 18.0 Å². The van der Waals surface area contributed by atoms with Gasteiger partial charge in [-0.1, -0.05) is 18.2 Å². The van der Waals surface area contributed by atoms with Crippen molar-refractivity contribution in [2.75, 3.05) is 35.3 Å². The molecule has 0 saturated heterocycles. The van der Waals surface area contributed by atoms with Crippen molar-refractivity contribution >= 4 is 23.4 Å². The van der Waals surface area contributed by atoms with E-state index in [1.165, 1.54) is 23.6 Å².